The second-order valence-corrected chi connectivity index (χ2v) is 5.16. The summed E-state index contributed by atoms with van der Waals surface area (Å²) in [4.78, 5) is 0. The van der Waals surface area contributed by atoms with E-state index < -0.39 is 0 Å². The fourth-order valence-electron chi connectivity index (χ4n) is 1.58. The van der Waals surface area contributed by atoms with E-state index in [1.807, 2.05) is 17.8 Å². The minimum Gasteiger partial charge on any atom is -0.494 e. The highest BCUT2D eigenvalue weighted by Gasteiger charge is 2.07. The number of rotatable bonds is 7. The molecule has 0 saturated carbocycles. The van der Waals surface area contributed by atoms with Crippen molar-refractivity contribution in [2.75, 3.05) is 18.6 Å². The number of thioether (sulfide) groups is 1. The zero-order valence-electron chi connectivity index (χ0n) is 10.4. The summed E-state index contributed by atoms with van der Waals surface area (Å²) in [6.45, 7) is 2.15. The summed E-state index contributed by atoms with van der Waals surface area (Å²) in [5.74, 6) is 2.01. The quantitative estimate of drug-likeness (QED) is 0.763. The van der Waals surface area contributed by atoms with Gasteiger partial charge < -0.3 is 10.5 Å². The van der Waals surface area contributed by atoms with Gasteiger partial charge in [0.1, 0.15) is 0 Å². The minimum absolute atomic E-state index is 0.0827. The summed E-state index contributed by atoms with van der Waals surface area (Å²) < 4.78 is 18.3. The third-order valence-corrected chi connectivity index (χ3v) is 3.76. The predicted molar refractivity (Wildman–Crippen MR) is 72.2 cm³/mol. The lowest BCUT2D eigenvalue weighted by atomic mass is 10.1. The highest BCUT2D eigenvalue weighted by Crippen LogP contribution is 2.18. The lowest BCUT2D eigenvalue weighted by Gasteiger charge is -2.11. The second-order valence-electron chi connectivity index (χ2n) is 4.01. The molecule has 2 nitrogen and oxygen atoms in total. The highest BCUT2D eigenvalue weighted by molar-refractivity contribution is 7.99. The van der Waals surface area contributed by atoms with Crippen LogP contribution in [0.5, 0.6) is 5.75 Å². The summed E-state index contributed by atoms with van der Waals surface area (Å²) in [6.07, 6.45) is 1.87. The molecule has 0 aliphatic rings. The molecule has 2 N–H and O–H groups in total. The van der Waals surface area contributed by atoms with Crippen LogP contribution in [0.1, 0.15) is 18.9 Å². The molecule has 1 rings (SSSR count). The lowest BCUT2D eigenvalue weighted by Crippen LogP contribution is -2.25. The van der Waals surface area contributed by atoms with Gasteiger partial charge in [-0.05, 0) is 36.3 Å². The van der Waals surface area contributed by atoms with Crippen molar-refractivity contribution < 1.29 is 9.13 Å². The highest BCUT2D eigenvalue weighted by atomic mass is 32.2. The fourth-order valence-corrected chi connectivity index (χ4v) is 2.45. The number of benzene rings is 1. The Labute approximate surface area is 107 Å². The molecule has 0 heterocycles. The molecule has 0 spiro atoms. The number of methoxy groups -OCH3 is 1. The van der Waals surface area contributed by atoms with Gasteiger partial charge >= 0.3 is 0 Å². The summed E-state index contributed by atoms with van der Waals surface area (Å²) in [5, 5.41) is 0. The first-order chi connectivity index (χ1) is 8.17. The van der Waals surface area contributed by atoms with Crippen LogP contribution in [0.3, 0.4) is 0 Å². The third kappa shape index (κ3) is 4.96. The molecule has 0 radical (unpaired) electrons. The van der Waals surface area contributed by atoms with Crippen molar-refractivity contribution in [1.82, 2.24) is 0 Å². The normalized spacial score (nSPS) is 12.5. The molecule has 0 aliphatic heterocycles. The van der Waals surface area contributed by atoms with Crippen molar-refractivity contribution in [1.29, 1.82) is 0 Å². The Morgan fingerprint density at radius 2 is 2.24 bits per heavy atom. The SMILES string of the molecule is CCCSCC(N)Cc1ccc(OC)c(F)c1. The number of ether oxygens (including phenoxy) is 1. The van der Waals surface area contributed by atoms with E-state index in [0.717, 1.165) is 23.5 Å². The van der Waals surface area contributed by atoms with E-state index in [4.69, 9.17) is 10.5 Å². The average Bonchev–Trinajstić information content (AvgIpc) is 2.29. The first-order valence-corrected chi connectivity index (χ1v) is 6.98. The predicted octanol–water partition coefficient (Wildman–Crippen LogP) is 2.85. The maximum Gasteiger partial charge on any atom is 0.165 e. The summed E-state index contributed by atoms with van der Waals surface area (Å²) in [7, 11) is 1.46. The van der Waals surface area contributed by atoms with Crippen LogP contribution in [0.25, 0.3) is 0 Å². The molecule has 0 fully saturated rings. The molecule has 96 valence electrons. The fraction of sp³-hybridized carbons (Fsp3) is 0.538. The molecular weight excluding hydrogens is 237 g/mol. The molecule has 1 atom stereocenters. The van der Waals surface area contributed by atoms with E-state index in [0.29, 0.717) is 6.42 Å². The minimum atomic E-state index is -0.321. The van der Waals surface area contributed by atoms with E-state index in [2.05, 4.69) is 6.92 Å². The van der Waals surface area contributed by atoms with Crippen molar-refractivity contribution in [2.24, 2.45) is 5.73 Å². The van der Waals surface area contributed by atoms with E-state index in [1.165, 1.54) is 13.2 Å². The molecule has 1 aromatic carbocycles. The van der Waals surface area contributed by atoms with E-state index >= 15 is 0 Å². The Bertz CT molecular complexity index is 346. The molecule has 0 aromatic heterocycles. The Morgan fingerprint density at radius 1 is 1.47 bits per heavy atom. The summed E-state index contributed by atoms with van der Waals surface area (Å²) in [6, 6.07) is 5.10. The first-order valence-electron chi connectivity index (χ1n) is 5.83. The Kier molecular flexibility index (Phi) is 6.37. The molecule has 0 amide bonds. The number of nitrogens with two attached hydrogens (primary N) is 1. The van der Waals surface area contributed by atoms with Crippen LogP contribution in [0.2, 0.25) is 0 Å². The summed E-state index contributed by atoms with van der Waals surface area (Å²) in [5.41, 5.74) is 6.92. The molecule has 1 aromatic rings. The van der Waals surface area contributed by atoms with Crippen molar-refractivity contribution in [3.05, 3.63) is 29.6 Å². The van der Waals surface area contributed by atoms with Crippen LogP contribution in [-0.4, -0.2) is 24.7 Å². The number of halogens is 1. The van der Waals surface area contributed by atoms with Gasteiger partial charge in [-0.1, -0.05) is 13.0 Å². The Morgan fingerprint density at radius 3 is 2.82 bits per heavy atom. The Balaban J connectivity index is 2.48. The van der Waals surface area contributed by atoms with E-state index in [9.17, 15) is 4.39 Å². The van der Waals surface area contributed by atoms with Gasteiger partial charge in [0.2, 0.25) is 0 Å². The molecule has 17 heavy (non-hydrogen) atoms. The maximum absolute atomic E-state index is 13.4. The van der Waals surface area contributed by atoms with Gasteiger partial charge in [0.15, 0.2) is 11.6 Å². The van der Waals surface area contributed by atoms with Crippen LogP contribution < -0.4 is 10.5 Å². The third-order valence-electron chi connectivity index (χ3n) is 2.39. The van der Waals surface area contributed by atoms with Crippen molar-refractivity contribution in [3.63, 3.8) is 0 Å². The second kappa shape index (κ2) is 7.56. The maximum atomic E-state index is 13.4. The molecular formula is C13H20FNOS. The zero-order valence-corrected chi connectivity index (χ0v) is 11.2. The largest absolute Gasteiger partial charge is 0.494 e. The molecule has 0 aliphatic carbocycles. The van der Waals surface area contributed by atoms with Crippen LogP contribution in [-0.2, 0) is 6.42 Å². The monoisotopic (exact) mass is 257 g/mol. The van der Waals surface area contributed by atoms with Gasteiger partial charge in [0.05, 0.1) is 7.11 Å². The van der Waals surface area contributed by atoms with E-state index in [-0.39, 0.29) is 17.6 Å². The zero-order chi connectivity index (χ0) is 12.7. The van der Waals surface area contributed by atoms with Crippen LogP contribution in [0.4, 0.5) is 4.39 Å². The number of hydrogen-bond acceptors (Lipinski definition) is 3. The van der Waals surface area contributed by atoms with Gasteiger partial charge in [0, 0.05) is 11.8 Å². The smallest absolute Gasteiger partial charge is 0.165 e. The summed E-state index contributed by atoms with van der Waals surface area (Å²) >= 11 is 1.85. The molecule has 0 saturated heterocycles. The van der Waals surface area contributed by atoms with Crippen LogP contribution >= 0.6 is 11.8 Å². The van der Waals surface area contributed by atoms with Gasteiger partial charge in [-0.2, -0.15) is 11.8 Å². The molecule has 1 unspecified atom stereocenters. The van der Waals surface area contributed by atoms with Gasteiger partial charge in [-0.25, -0.2) is 4.39 Å². The van der Waals surface area contributed by atoms with Gasteiger partial charge in [0.25, 0.3) is 0 Å². The molecule has 4 heteroatoms. The van der Waals surface area contributed by atoms with E-state index in [1.54, 1.807) is 6.07 Å². The molecule has 0 bridgehead atoms. The van der Waals surface area contributed by atoms with Crippen molar-refractivity contribution in [2.45, 2.75) is 25.8 Å². The Hall–Kier alpha value is -0.740. The van der Waals surface area contributed by atoms with Crippen molar-refractivity contribution >= 4 is 11.8 Å². The topological polar surface area (TPSA) is 35.2 Å². The first kappa shape index (κ1) is 14.3. The van der Waals surface area contributed by atoms with Gasteiger partial charge in [-0.15, -0.1) is 0 Å². The lowest BCUT2D eigenvalue weighted by molar-refractivity contribution is 0.386. The van der Waals surface area contributed by atoms with Gasteiger partial charge in [-0.3, -0.25) is 0 Å². The van der Waals surface area contributed by atoms with Crippen LogP contribution in [0, 0.1) is 5.82 Å². The van der Waals surface area contributed by atoms with Crippen LogP contribution in [0.15, 0.2) is 18.2 Å². The standard InChI is InChI=1S/C13H20FNOS/c1-3-6-17-9-11(15)7-10-4-5-13(16-2)12(14)8-10/h4-5,8,11H,3,6-7,9,15H2,1-2H3. The van der Waals surface area contributed by atoms with Crippen molar-refractivity contribution in [3.8, 4) is 5.75 Å². The average molecular weight is 257 g/mol. The number of hydrogen-bond donors (Lipinski definition) is 1.